The van der Waals surface area contributed by atoms with Crippen molar-refractivity contribution in [3.05, 3.63) is 28.3 Å². The lowest BCUT2D eigenvalue weighted by Gasteiger charge is -2.43. The fraction of sp³-hybridized carbons (Fsp3) is 0.571. The third kappa shape index (κ3) is 1.74. The third-order valence-electron chi connectivity index (χ3n) is 3.95. The zero-order chi connectivity index (χ0) is 12.6. The van der Waals surface area contributed by atoms with Crippen LogP contribution < -0.4 is 10.5 Å². The van der Waals surface area contributed by atoms with Crippen molar-refractivity contribution < 1.29 is 9.47 Å². The van der Waals surface area contributed by atoms with Crippen molar-refractivity contribution in [2.75, 3.05) is 26.9 Å². The molecule has 3 nitrogen and oxygen atoms in total. The van der Waals surface area contributed by atoms with Gasteiger partial charge in [-0.05, 0) is 49.1 Å². The van der Waals surface area contributed by atoms with Crippen molar-refractivity contribution in [3.63, 3.8) is 0 Å². The Morgan fingerprint density at radius 1 is 1.29 bits per heavy atom. The highest BCUT2D eigenvalue weighted by Gasteiger charge is 2.41. The normalized spacial score (nSPS) is 17.7. The summed E-state index contributed by atoms with van der Waals surface area (Å²) in [5.41, 5.74) is 11.1. The van der Waals surface area contributed by atoms with Gasteiger partial charge in [0.1, 0.15) is 5.75 Å². The van der Waals surface area contributed by atoms with Crippen LogP contribution in [0.3, 0.4) is 0 Å². The molecule has 94 valence electrons. The number of benzene rings is 1. The number of rotatable bonds is 3. The van der Waals surface area contributed by atoms with Gasteiger partial charge in [-0.1, -0.05) is 0 Å². The van der Waals surface area contributed by atoms with Gasteiger partial charge in [0, 0.05) is 6.54 Å². The number of hydrogen-bond donors (Lipinski definition) is 1. The molecule has 2 rings (SSSR count). The molecule has 0 radical (unpaired) electrons. The van der Waals surface area contributed by atoms with Crippen molar-refractivity contribution in [1.29, 1.82) is 0 Å². The van der Waals surface area contributed by atoms with Crippen molar-refractivity contribution in [3.8, 4) is 5.75 Å². The average molecular weight is 235 g/mol. The zero-order valence-electron chi connectivity index (χ0n) is 11.1. The van der Waals surface area contributed by atoms with E-state index in [0.29, 0.717) is 6.54 Å². The van der Waals surface area contributed by atoms with Crippen LogP contribution in [0, 0.1) is 20.8 Å². The quantitative estimate of drug-likeness (QED) is 0.869. The summed E-state index contributed by atoms with van der Waals surface area (Å²) in [5.74, 6) is 0.955. The van der Waals surface area contributed by atoms with Gasteiger partial charge in [0.05, 0.1) is 25.7 Å². The summed E-state index contributed by atoms with van der Waals surface area (Å²) in [6.07, 6.45) is 0. The summed E-state index contributed by atoms with van der Waals surface area (Å²) in [5, 5.41) is 0. The van der Waals surface area contributed by atoms with E-state index < -0.39 is 0 Å². The number of nitrogens with two attached hydrogens (primary N) is 1. The Balaban J connectivity index is 2.58. The fourth-order valence-electron chi connectivity index (χ4n) is 2.79. The lowest BCUT2D eigenvalue weighted by atomic mass is 9.73. The number of aryl methyl sites for hydroxylation is 1. The molecule has 1 aliphatic rings. The maximum atomic E-state index is 5.95. The summed E-state index contributed by atoms with van der Waals surface area (Å²) in [6.45, 7) is 8.48. The van der Waals surface area contributed by atoms with Gasteiger partial charge < -0.3 is 15.2 Å². The standard InChI is InChI=1S/C14H21NO2/c1-9-5-12(16-4)10(2)11(3)13(9)14(6-15)7-17-8-14/h5H,6-8,15H2,1-4H3. The first kappa shape index (κ1) is 12.4. The van der Waals surface area contributed by atoms with E-state index in [9.17, 15) is 0 Å². The molecule has 0 spiro atoms. The Morgan fingerprint density at radius 2 is 1.94 bits per heavy atom. The van der Waals surface area contributed by atoms with Gasteiger partial charge in [-0.15, -0.1) is 0 Å². The van der Waals surface area contributed by atoms with Crippen LogP contribution >= 0.6 is 0 Å². The molecule has 1 aromatic rings. The first-order valence-corrected chi connectivity index (χ1v) is 5.99. The highest BCUT2D eigenvalue weighted by Crippen LogP contribution is 2.39. The summed E-state index contributed by atoms with van der Waals surface area (Å²) >= 11 is 0. The first-order chi connectivity index (χ1) is 8.05. The van der Waals surface area contributed by atoms with Gasteiger partial charge in [0.2, 0.25) is 0 Å². The molecule has 0 bridgehead atoms. The minimum atomic E-state index is 0.0190. The Kier molecular flexibility index (Phi) is 3.15. The van der Waals surface area contributed by atoms with Crippen LogP contribution in [-0.4, -0.2) is 26.9 Å². The second-order valence-corrected chi connectivity index (χ2v) is 5.00. The van der Waals surface area contributed by atoms with E-state index in [1.165, 1.54) is 22.3 Å². The van der Waals surface area contributed by atoms with Crippen LogP contribution in [-0.2, 0) is 10.2 Å². The molecule has 1 heterocycles. The van der Waals surface area contributed by atoms with Gasteiger partial charge in [-0.2, -0.15) is 0 Å². The fourth-order valence-corrected chi connectivity index (χ4v) is 2.79. The third-order valence-corrected chi connectivity index (χ3v) is 3.95. The maximum absolute atomic E-state index is 5.95. The Bertz CT molecular complexity index is 431. The molecule has 0 amide bonds. The Morgan fingerprint density at radius 3 is 2.35 bits per heavy atom. The zero-order valence-corrected chi connectivity index (χ0v) is 11.1. The van der Waals surface area contributed by atoms with Crippen molar-refractivity contribution in [2.45, 2.75) is 26.2 Å². The molecule has 0 saturated carbocycles. The molecule has 1 fully saturated rings. The van der Waals surface area contributed by atoms with E-state index in [1.54, 1.807) is 7.11 Å². The Hall–Kier alpha value is -1.06. The molecule has 0 aliphatic carbocycles. The van der Waals surface area contributed by atoms with Crippen LogP contribution in [0.2, 0.25) is 0 Å². The lowest BCUT2D eigenvalue weighted by molar-refractivity contribution is -0.0556. The predicted octanol–water partition coefficient (Wildman–Crippen LogP) is 1.85. The molecule has 0 aromatic heterocycles. The molecule has 1 saturated heterocycles. The molecule has 0 unspecified atom stereocenters. The molecule has 1 aromatic carbocycles. The molecule has 1 aliphatic heterocycles. The van der Waals surface area contributed by atoms with E-state index in [-0.39, 0.29) is 5.41 Å². The summed E-state index contributed by atoms with van der Waals surface area (Å²) in [7, 11) is 1.71. The maximum Gasteiger partial charge on any atom is 0.122 e. The van der Waals surface area contributed by atoms with E-state index in [2.05, 4.69) is 26.8 Å². The Labute approximate surface area is 103 Å². The number of ether oxygens (including phenoxy) is 2. The molecule has 17 heavy (non-hydrogen) atoms. The highest BCUT2D eigenvalue weighted by molar-refractivity contribution is 5.52. The van der Waals surface area contributed by atoms with Crippen molar-refractivity contribution >= 4 is 0 Å². The topological polar surface area (TPSA) is 44.5 Å². The minimum Gasteiger partial charge on any atom is -0.496 e. The van der Waals surface area contributed by atoms with Crippen molar-refractivity contribution in [1.82, 2.24) is 0 Å². The van der Waals surface area contributed by atoms with Gasteiger partial charge in [-0.3, -0.25) is 0 Å². The van der Waals surface area contributed by atoms with E-state index >= 15 is 0 Å². The highest BCUT2D eigenvalue weighted by atomic mass is 16.5. The van der Waals surface area contributed by atoms with Crippen molar-refractivity contribution in [2.24, 2.45) is 5.73 Å². The summed E-state index contributed by atoms with van der Waals surface area (Å²) in [4.78, 5) is 0. The van der Waals surface area contributed by atoms with Crippen LogP contribution in [0.5, 0.6) is 5.75 Å². The SMILES string of the molecule is COc1cc(C)c(C2(CN)COC2)c(C)c1C. The van der Waals surface area contributed by atoms with E-state index in [1.807, 2.05) is 0 Å². The smallest absolute Gasteiger partial charge is 0.122 e. The first-order valence-electron chi connectivity index (χ1n) is 5.99. The monoisotopic (exact) mass is 235 g/mol. The second kappa shape index (κ2) is 4.31. The molecule has 0 atom stereocenters. The minimum absolute atomic E-state index is 0.0190. The average Bonchev–Trinajstić information content (AvgIpc) is 2.27. The number of methoxy groups -OCH3 is 1. The molecular formula is C14H21NO2. The summed E-state index contributed by atoms with van der Waals surface area (Å²) in [6, 6.07) is 2.10. The molecule has 3 heteroatoms. The van der Waals surface area contributed by atoms with E-state index in [0.717, 1.165) is 19.0 Å². The van der Waals surface area contributed by atoms with Gasteiger partial charge >= 0.3 is 0 Å². The van der Waals surface area contributed by atoms with E-state index in [4.69, 9.17) is 15.2 Å². The number of hydrogen-bond acceptors (Lipinski definition) is 3. The largest absolute Gasteiger partial charge is 0.496 e. The molecule has 2 N–H and O–H groups in total. The second-order valence-electron chi connectivity index (χ2n) is 5.00. The van der Waals surface area contributed by atoms with Crippen LogP contribution in [0.4, 0.5) is 0 Å². The summed E-state index contributed by atoms with van der Waals surface area (Å²) < 4.78 is 10.8. The lowest BCUT2D eigenvalue weighted by Crippen LogP contribution is -2.53. The predicted molar refractivity (Wildman–Crippen MR) is 68.8 cm³/mol. The van der Waals surface area contributed by atoms with Gasteiger partial charge in [0.15, 0.2) is 0 Å². The van der Waals surface area contributed by atoms with Crippen LogP contribution in [0.15, 0.2) is 6.07 Å². The van der Waals surface area contributed by atoms with Crippen LogP contribution in [0.25, 0.3) is 0 Å². The van der Waals surface area contributed by atoms with Gasteiger partial charge in [-0.25, -0.2) is 0 Å². The van der Waals surface area contributed by atoms with Crippen LogP contribution in [0.1, 0.15) is 22.3 Å². The molecular weight excluding hydrogens is 214 g/mol. The van der Waals surface area contributed by atoms with Gasteiger partial charge in [0.25, 0.3) is 0 Å².